The molecule has 2 saturated heterocycles. The Bertz CT molecular complexity index is 506. The van der Waals surface area contributed by atoms with Gasteiger partial charge in [-0.05, 0) is 32.9 Å². The predicted octanol–water partition coefficient (Wildman–Crippen LogP) is 0.457. The normalized spacial score (nSPS) is 31.0. The summed E-state index contributed by atoms with van der Waals surface area (Å²) < 4.78 is 24.9. The number of piperidine rings is 1. The van der Waals surface area contributed by atoms with Gasteiger partial charge in [0.15, 0.2) is 0 Å². The molecular weight excluding hydrogens is 302 g/mol. The molecule has 2 aliphatic rings. The third-order valence-corrected chi connectivity index (χ3v) is 6.38. The first-order valence-electron chi connectivity index (χ1n) is 8.14. The van der Waals surface area contributed by atoms with Gasteiger partial charge in [-0.25, -0.2) is 12.7 Å². The minimum Gasteiger partial charge on any atom is -0.340 e. The molecular formula is C15H29N3O3S. The lowest BCUT2D eigenvalue weighted by molar-refractivity contribution is -0.135. The van der Waals surface area contributed by atoms with Crippen molar-refractivity contribution in [3.05, 3.63) is 0 Å². The topological polar surface area (TPSA) is 60.9 Å². The van der Waals surface area contributed by atoms with Gasteiger partial charge >= 0.3 is 0 Å². The summed E-state index contributed by atoms with van der Waals surface area (Å²) in [5, 5.41) is 0. The van der Waals surface area contributed by atoms with Gasteiger partial charge in [0, 0.05) is 32.2 Å². The molecule has 7 heteroatoms. The summed E-state index contributed by atoms with van der Waals surface area (Å²) in [6, 6.07) is 0.406. The molecule has 2 aliphatic heterocycles. The number of carbonyl (C=O) groups is 1. The Balaban J connectivity index is 2.03. The van der Waals surface area contributed by atoms with Crippen molar-refractivity contribution in [2.75, 3.05) is 46.5 Å². The first-order valence-corrected chi connectivity index (χ1v) is 9.99. The van der Waals surface area contributed by atoms with Crippen molar-refractivity contribution in [3.63, 3.8) is 0 Å². The maximum atomic E-state index is 12.8. The fraction of sp³-hybridized carbons (Fsp3) is 0.933. The number of hydrogen-bond acceptors (Lipinski definition) is 4. The van der Waals surface area contributed by atoms with Gasteiger partial charge in [0.05, 0.1) is 12.2 Å². The average molecular weight is 331 g/mol. The maximum absolute atomic E-state index is 12.8. The largest absolute Gasteiger partial charge is 0.340 e. The van der Waals surface area contributed by atoms with Crippen LogP contribution in [0.3, 0.4) is 0 Å². The highest BCUT2D eigenvalue weighted by molar-refractivity contribution is 7.88. The van der Waals surface area contributed by atoms with Crippen LogP contribution in [-0.2, 0) is 14.8 Å². The lowest BCUT2D eigenvalue weighted by Crippen LogP contribution is -2.46. The number of amides is 1. The van der Waals surface area contributed by atoms with E-state index in [1.54, 1.807) is 0 Å². The van der Waals surface area contributed by atoms with Gasteiger partial charge in [-0.3, -0.25) is 4.79 Å². The van der Waals surface area contributed by atoms with Crippen LogP contribution in [0.15, 0.2) is 0 Å². The summed E-state index contributed by atoms with van der Waals surface area (Å²) >= 11 is 0. The quantitative estimate of drug-likeness (QED) is 0.751. The summed E-state index contributed by atoms with van der Waals surface area (Å²) in [5.74, 6) is 0.464. The Kier molecular flexibility index (Phi) is 5.50. The van der Waals surface area contributed by atoms with E-state index in [0.717, 1.165) is 32.4 Å². The molecule has 6 nitrogen and oxygen atoms in total. The maximum Gasteiger partial charge on any atom is 0.227 e. The third-order valence-electron chi connectivity index (χ3n) is 5.11. The van der Waals surface area contributed by atoms with Gasteiger partial charge in [0.2, 0.25) is 15.9 Å². The van der Waals surface area contributed by atoms with Gasteiger partial charge in [0.1, 0.15) is 0 Å². The third kappa shape index (κ3) is 3.81. The van der Waals surface area contributed by atoms with Gasteiger partial charge in [-0.1, -0.05) is 13.3 Å². The van der Waals surface area contributed by atoms with E-state index in [4.69, 9.17) is 0 Å². The molecule has 0 bridgehead atoms. The molecule has 0 spiro atoms. The molecule has 1 amide bonds. The van der Waals surface area contributed by atoms with Crippen LogP contribution >= 0.6 is 0 Å². The van der Waals surface area contributed by atoms with E-state index < -0.39 is 10.0 Å². The van der Waals surface area contributed by atoms with E-state index in [0.29, 0.717) is 25.0 Å². The molecule has 128 valence electrons. The summed E-state index contributed by atoms with van der Waals surface area (Å²) in [6.45, 7) is 4.62. The van der Waals surface area contributed by atoms with Crippen LogP contribution in [0, 0.1) is 11.8 Å². The number of nitrogens with zero attached hydrogens (tertiary/aromatic N) is 3. The van der Waals surface area contributed by atoms with Gasteiger partial charge in [-0.15, -0.1) is 0 Å². The van der Waals surface area contributed by atoms with Crippen LogP contribution in [0.4, 0.5) is 0 Å². The zero-order chi connectivity index (χ0) is 16.5. The second-order valence-electron chi connectivity index (χ2n) is 6.90. The molecule has 0 aromatic carbocycles. The van der Waals surface area contributed by atoms with Crippen molar-refractivity contribution in [3.8, 4) is 0 Å². The number of sulfonamides is 1. The van der Waals surface area contributed by atoms with E-state index in [-0.39, 0.29) is 11.8 Å². The second kappa shape index (κ2) is 6.84. The SMILES string of the molecule is CC[C@@H]1CN(C(=O)[C@H]2CCCN(S(C)(=O)=O)C2)C[C@@H]1N(C)C. The van der Waals surface area contributed by atoms with E-state index in [1.807, 2.05) is 4.90 Å². The molecule has 0 saturated carbocycles. The number of hydrogen-bond donors (Lipinski definition) is 0. The Morgan fingerprint density at radius 3 is 2.41 bits per heavy atom. The molecule has 0 radical (unpaired) electrons. The smallest absolute Gasteiger partial charge is 0.227 e. The summed E-state index contributed by atoms with van der Waals surface area (Å²) in [7, 11) is 0.924. The average Bonchev–Trinajstić information content (AvgIpc) is 2.90. The molecule has 0 aromatic heterocycles. The highest BCUT2D eigenvalue weighted by Crippen LogP contribution is 2.27. The number of likely N-dealkylation sites (tertiary alicyclic amines) is 1. The molecule has 0 aromatic rings. The van der Waals surface area contributed by atoms with Crippen molar-refractivity contribution in [1.29, 1.82) is 0 Å². The summed E-state index contributed by atoms with van der Waals surface area (Å²) in [6.07, 6.45) is 3.86. The molecule has 2 rings (SSSR count). The van der Waals surface area contributed by atoms with E-state index >= 15 is 0 Å². The van der Waals surface area contributed by atoms with Crippen LogP contribution in [0.2, 0.25) is 0 Å². The van der Waals surface area contributed by atoms with E-state index in [1.165, 1.54) is 10.6 Å². The van der Waals surface area contributed by atoms with Crippen molar-refractivity contribution in [2.24, 2.45) is 11.8 Å². The monoisotopic (exact) mass is 331 g/mol. The van der Waals surface area contributed by atoms with Gasteiger partial charge in [0.25, 0.3) is 0 Å². The molecule has 22 heavy (non-hydrogen) atoms. The molecule has 3 atom stereocenters. The van der Waals surface area contributed by atoms with Crippen LogP contribution < -0.4 is 0 Å². The Morgan fingerprint density at radius 2 is 1.91 bits per heavy atom. The predicted molar refractivity (Wildman–Crippen MR) is 87.0 cm³/mol. The first-order chi connectivity index (χ1) is 10.2. The van der Waals surface area contributed by atoms with Crippen molar-refractivity contribution in [1.82, 2.24) is 14.1 Å². The van der Waals surface area contributed by atoms with Crippen molar-refractivity contribution >= 4 is 15.9 Å². The number of rotatable bonds is 4. The molecule has 2 fully saturated rings. The second-order valence-corrected chi connectivity index (χ2v) is 8.89. The van der Waals surface area contributed by atoms with Crippen molar-refractivity contribution < 1.29 is 13.2 Å². The van der Waals surface area contributed by atoms with Crippen LogP contribution in [0.25, 0.3) is 0 Å². The highest BCUT2D eigenvalue weighted by atomic mass is 32.2. The van der Waals surface area contributed by atoms with Crippen LogP contribution in [-0.4, -0.2) is 81.0 Å². The van der Waals surface area contributed by atoms with Crippen LogP contribution in [0.1, 0.15) is 26.2 Å². The minimum absolute atomic E-state index is 0.135. The Labute approximate surface area is 134 Å². The van der Waals surface area contributed by atoms with Gasteiger partial charge < -0.3 is 9.80 Å². The number of carbonyl (C=O) groups excluding carboxylic acids is 1. The van der Waals surface area contributed by atoms with E-state index in [2.05, 4.69) is 25.9 Å². The van der Waals surface area contributed by atoms with Gasteiger partial charge in [-0.2, -0.15) is 0 Å². The van der Waals surface area contributed by atoms with E-state index in [9.17, 15) is 13.2 Å². The summed E-state index contributed by atoms with van der Waals surface area (Å²) in [5.41, 5.74) is 0. The fourth-order valence-electron chi connectivity index (χ4n) is 3.72. The fourth-order valence-corrected chi connectivity index (χ4v) is 4.64. The van der Waals surface area contributed by atoms with Crippen LogP contribution in [0.5, 0.6) is 0 Å². The minimum atomic E-state index is -3.20. The molecule has 0 N–H and O–H groups in total. The first kappa shape index (κ1) is 17.7. The zero-order valence-corrected chi connectivity index (χ0v) is 15.0. The molecule has 2 heterocycles. The Hall–Kier alpha value is -0.660. The number of likely N-dealkylation sites (N-methyl/N-ethyl adjacent to an activating group) is 1. The van der Waals surface area contributed by atoms with Crippen molar-refractivity contribution in [2.45, 2.75) is 32.2 Å². The molecule has 0 unspecified atom stereocenters. The standard InChI is InChI=1S/C15H29N3O3S/c1-5-12-9-17(11-14(12)16(2)3)15(19)13-7-6-8-18(10-13)22(4,20)21/h12-14H,5-11H2,1-4H3/t12-,13+,14+/m1/s1. The lowest BCUT2D eigenvalue weighted by atomic mass is 9.98. The Morgan fingerprint density at radius 1 is 1.23 bits per heavy atom. The molecule has 0 aliphatic carbocycles. The lowest BCUT2D eigenvalue weighted by Gasteiger charge is -2.32. The zero-order valence-electron chi connectivity index (χ0n) is 14.2. The highest BCUT2D eigenvalue weighted by Gasteiger charge is 2.39. The summed E-state index contributed by atoms with van der Waals surface area (Å²) in [4.78, 5) is 16.9.